The molecule has 7 heteroatoms. The number of carbonyl (C=O) groups excluding carboxylic acids is 2. The summed E-state index contributed by atoms with van der Waals surface area (Å²) in [7, 11) is 3.40. The lowest BCUT2D eigenvalue weighted by Gasteiger charge is -2.52. The third-order valence-corrected chi connectivity index (χ3v) is 4.22. The van der Waals surface area contributed by atoms with Gasteiger partial charge in [0.1, 0.15) is 11.9 Å². The molecule has 0 aromatic carbocycles. The second-order valence-corrected chi connectivity index (χ2v) is 5.39. The molecule has 4 amide bonds. The van der Waals surface area contributed by atoms with E-state index in [0.717, 1.165) is 0 Å². The summed E-state index contributed by atoms with van der Waals surface area (Å²) in [5, 5.41) is 5.87. The summed E-state index contributed by atoms with van der Waals surface area (Å²) >= 11 is 0. The fourth-order valence-corrected chi connectivity index (χ4v) is 3.19. The maximum atomic E-state index is 12.1. The van der Waals surface area contributed by atoms with Gasteiger partial charge in [-0.3, -0.25) is 0 Å². The Morgan fingerprint density at radius 2 is 1.80 bits per heavy atom. The Labute approximate surface area is 116 Å². The van der Waals surface area contributed by atoms with Gasteiger partial charge in [0, 0.05) is 26.1 Å². The van der Waals surface area contributed by atoms with Crippen LogP contribution in [0.5, 0.6) is 0 Å². The molecule has 2 aliphatic rings. The number of hydrogen-bond acceptors (Lipinski definition) is 3. The van der Waals surface area contributed by atoms with E-state index in [-0.39, 0.29) is 36.2 Å². The smallest absolute Gasteiger partial charge is 0.319 e. The molecule has 2 fully saturated rings. The molecule has 0 bridgehead atoms. The average Bonchev–Trinajstić information content (AvgIpc) is 2.92. The zero-order chi connectivity index (χ0) is 14.4. The topological polar surface area (TPSA) is 77.8 Å². The number of hydrogen-bond donors (Lipinski definition) is 2. The summed E-state index contributed by atoms with van der Waals surface area (Å²) in [6.45, 7) is 1.95. The molecular formula is C13H18N4O3. The number of fused-ring (bicyclic) bond motifs is 1. The Hall–Kier alpha value is -2.18. The van der Waals surface area contributed by atoms with Gasteiger partial charge in [0.2, 0.25) is 0 Å². The Bertz CT molecular complexity index is 526. The van der Waals surface area contributed by atoms with Gasteiger partial charge < -0.3 is 24.9 Å². The van der Waals surface area contributed by atoms with E-state index in [1.165, 1.54) is 0 Å². The molecule has 20 heavy (non-hydrogen) atoms. The number of nitrogens with one attached hydrogen (secondary N) is 2. The van der Waals surface area contributed by atoms with E-state index in [0.29, 0.717) is 5.76 Å². The van der Waals surface area contributed by atoms with Crippen molar-refractivity contribution in [1.29, 1.82) is 0 Å². The first kappa shape index (κ1) is 12.8. The Morgan fingerprint density at radius 1 is 1.15 bits per heavy atom. The van der Waals surface area contributed by atoms with Crippen LogP contribution in [0, 0.1) is 5.92 Å². The van der Waals surface area contributed by atoms with Gasteiger partial charge in [-0.05, 0) is 19.1 Å². The van der Waals surface area contributed by atoms with Crippen LogP contribution in [0.1, 0.15) is 18.7 Å². The van der Waals surface area contributed by atoms with Gasteiger partial charge in [-0.1, -0.05) is 0 Å². The molecule has 2 saturated heterocycles. The van der Waals surface area contributed by atoms with E-state index in [9.17, 15) is 9.59 Å². The lowest BCUT2D eigenvalue weighted by atomic mass is 9.83. The number of nitrogens with zero attached hydrogens (tertiary/aromatic N) is 2. The van der Waals surface area contributed by atoms with Gasteiger partial charge >= 0.3 is 12.1 Å². The van der Waals surface area contributed by atoms with Crippen molar-refractivity contribution in [2.24, 2.45) is 5.92 Å². The van der Waals surface area contributed by atoms with Crippen molar-refractivity contribution in [2.45, 2.75) is 25.2 Å². The molecule has 2 aliphatic heterocycles. The molecule has 3 rings (SSSR count). The van der Waals surface area contributed by atoms with Crippen LogP contribution in [0.2, 0.25) is 0 Å². The first-order valence-corrected chi connectivity index (χ1v) is 6.60. The predicted octanol–water partition coefficient (Wildman–Crippen LogP) is 0.962. The summed E-state index contributed by atoms with van der Waals surface area (Å²) in [6, 6.07) is 2.94. The zero-order valence-electron chi connectivity index (χ0n) is 11.7. The van der Waals surface area contributed by atoms with Gasteiger partial charge in [0.25, 0.3) is 0 Å². The van der Waals surface area contributed by atoms with Crippen LogP contribution >= 0.6 is 0 Å². The highest BCUT2D eigenvalue weighted by Crippen LogP contribution is 2.36. The molecular weight excluding hydrogens is 260 g/mol. The first-order chi connectivity index (χ1) is 9.50. The Kier molecular flexibility index (Phi) is 2.84. The van der Waals surface area contributed by atoms with E-state index in [1.54, 1.807) is 36.2 Å². The molecule has 0 unspecified atom stereocenters. The van der Waals surface area contributed by atoms with Gasteiger partial charge in [0.05, 0.1) is 12.3 Å². The van der Waals surface area contributed by atoms with Crippen molar-refractivity contribution in [3.8, 4) is 0 Å². The molecule has 7 nitrogen and oxygen atoms in total. The van der Waals surface area contributed by atoms with Crippen LogP contribution in [0.15, 0.2) is 22.8 Å². The lowest BCUT2D eigenvalue weighted by molar-refractivity contribution is -0.00216. The second-order valence-electron chi connectivity index (χ2n) is 5.39. The molecule has 0 radical (unpaired) electrons. The van der Waals surface area contributed by atoms with E-state index in [4.69, 9.17) is 4.42 Å². The van der Waals surface area contributed by atoms with Crippen LogP contribution < -0.4 is 10.6 Å². The minimum absolute atomic E-state index is 0.00606. The summed E-state index contributed by atoms with van der Waals surface area (Å²) in [5.74, 6) is 0.712. The molecule has 0 saturated carbocycles. The molecule has 0 aliphatic carbocycles. The highest BCUT2D eigenvalue weighted by Gasteiger charge is 2.50. The second kappa shape index (κ2) is 4.43. The highest BCUT2D eigenvalue weighted by atomic mass is 16.3. The molecule has 0 spiro atoms. The molecule has 1 aromatic rings. The normalized spacial score (nSPS) is 33.5. The maximum Gasteiger partial charge on any atom is 0.319 e. The Balaban J connectivity index is 2.02. The van der Waals surface area contributed by atoms with Crippen LogP contribution in [0.3, 0.4) is 0 Å². The number of rotatable bonds is 1. The Morgan fingerprint density at radius 3 is 2.40 bits per heavy atom. The molecule has 1 aromatic heterocycles. The summed E-state index contributed by atoms with van der Waals surface area (Å²) < 4.78 is 5.45. The van der Waals surface area contributed by atoms with Crippen molar-refractivity contribution in [1.82, 2.24) is 20.4 Å². The van der Waals surface area contributed by atoms with Crippen molar-refractivity contribution >= 4 is 12.1 Å². The van der Waals surface area contributed by atoms with Crippen molar-refractivity contribution in [2.75, 3.05) is 14.1 Å². The van der Waals surface area contributed by atoms with Crippen LogP contribution in [-0.2, 0) is 0 Å². The quantitative estimate of drug-likeness (QED) is 0.803. The van der Waals surface area contributed by atoms with Gasteiger partial charge in [0.15, 0.2) is 0 Å². The highest BCUT2D eigenvalue weighted by molar-refractivity contribution is 5.80. The molecule has 108 valence electrons. The lowest BCUT2D eigenvalue weighted by Crippen LogP contribution is -2.71. The monoisotopic (exact) mass is 278 g/mol. The van der Waals surface area contributed by atoms with E-state index in [1.807, 2.05) is 13.0 Å². The number of furan rings is 1. The third kappa shape index (κ3) is 1.73. The van der Waals surface area contributed by atoms with Crippen LogP contribution in [-0.4, -0.2) is 48.2 Å². The fraction of sp³-hybridized carbons (Fsp3) is 0.538. The minimum atomic E-state index is -0.289. The zero-order valence-corrected chi connectivity index (χ0v) is 11.7. The summed E-state index contributed by atoms with van der Waals surface area (Å²) in [5.41, 5.74) is 0. The largest absolute Gasteiger partial charge is 0.467 e. The summed E-state index contributed by atoms with van der Waals surface area (Å²) in [6.07, 6.45) is 1.30. The standard InChI is InChI=1S/C13H18N4O3/c1-7-9-10(8-5-4-6-20-8)15-13(19)17(3)11(9)16(2)12(18)14-7/h4-7,9-11H,1-3H3,(H,14,18)(H,15,19)/t7-,9-,10-,11-/m0/s1. The van der Waals surface area contributed by atoms with Crippen LogP contribution in [0.4, 0.5) is 9.59 Å². The predicted molar refractivity (Wildman–Crippen MR) is 70.8 cm³/mol. The molecule has 2 N–H and O–H groups in total. The fourth-order valence-electron chi connectivity index (χ4n) is 3.19. The summed E-state index contributed by atoms with van der Waals surface area (Å²) in [4.78, 5) is 27.2. The first-order valence-electron chi connectivity index (χ1n) is 6.60. The number of amides is 4. The SMILES string of the molecule is C[C@@H]1NC(=O)N(C)[C@@H]2[C@@H]1[C@H](c1ccco1)NC(=O)N2C. The van der Waals surface area contributed by atoms with Gasteiger partial charge in [-0.15, -0.1) is 0 Å². The third-order valence-electron chi connectivity index (χ3n) is 4.22. The van der Waals surface area contributed by atoms with Gasteiger partial charge in [-0.2, -0.15) is 0 Å². The molecule has 3 heterocycles. The van der Waals surface area contributed by atoms with E-state index in [2.05, 4.69) is 10.6 Å². The van der Waals surface area contributed by atoms with Crippen molar-refractivity contribution < 1.29 is 14.0 Å². The van der Waals surface area contributed by atoms with Crippen molar-refractivity contribution in [3.63, 3.8) is 0 Å². The average molecular weight is 278 g/mol. The van der Waals surface area contributed by atoms with Gasteiger partial charge in [-0.25, -0.2) is 9.59 Å². The van der Waals surface area contributed by atoms with E-state index < -0.39 is 0 Å². The van der Waals surface area contributed by atoms with Crippen LogP contribution in [0.25, 0.3) is 0 Å². The number of urea groups is 2. The van der Waals surface area contributed by atoms with E-state index >= 15 is 0 Å². The minimum Gasteiger partial charge on any atom is -0.467 e. The number of carbonyl (C=O) groups is 2. The van der Waals surface area contributed by atoms with Crippen molar-refractivity contribution in [3.05, 3.63) is 24.2 Å². The molecule has 4 atom stereocenters. The maximum absolute atomic E-state index is 12.1.